The predicted molar refractivity (Wildman–Crippen MR) is 201 cm³/mol. The topological polar surface area (TPSA) is 123 Å². The monoisotopic (exact) mass is 693 g/mol. The van der Waals surface area contributed by atoms with Crippen LogP contribution in [0, 0.1) is 11.4 Å². The number of hydrogen-bond acceptors (Lipinski definition) is 8. The van der Waals surface area contributed by atoms with Gasteiger partial charge in [0.2, 0.25) is 17.8 Å². The molecule has 11 nitrogen and oxygen atoms in total. The molecule has 2 aromatic carbocycles. The summed E-state index contributed by atoms with van der Waals surface area (Å²) < 4.78 is 13.4. The van der Waals surface area contributed by atoms with Gasteiger partial charge in [-0.3, -0.25) is 19.6 Å². The van der Waals surface area contributed by atoms with Crippen LogP contribution in [0.15, 0.2) is 79.3 Å². The lowest BCUT2D eigenvalue weighted by Crippen LogP contribution is -2.51. The molecular weight excluding hydrogens is 645 g/mol. The van der Waals surface area contributed by atoms with Crippen LogP contribution >= 0.6 is 0 Å². The Balaban J connectivity index is 0.00000122. The van der Waals surface area contributed by atoms with Crippen molar-refractivity contribution in [1.82, 2.24) is 34.9 Å². The molecule has 2 aliphatic rings. The Morgan fingerprint density at radius 1 is 0.882 bits per heavy atom. The number of amides is 2. The molecule has 2 saturated heterocycles. The Hall–Kier alpha value is -5.23. The maximum absolute atomic E-state index is 13.7. The summed E-state index contributed by atoms with van der Waals surface area (Å²) in [6.45, 7) is 14.4. The molecular formula is C39H48FN9O2. The van der Waals surface area contributed by atoms with E-state index < -0.39 is 11.4 Å². The van der Waals surface area contributed by atoms with Gasteiger partial charge in [-0.15, -0.1) is 0 Å². The summed E-state index contributed by atoms with van der Waals surface area (Å²) >= 11 is 0. The summed E-state index contributed by atoms with van der Waals surface area (Å²) in [5.74, 6) is 0.189. The minimum absolute atomic E-state index is 0.0544. The van der Waals surface area contributed by atoms with Crippen molar-refractivity contribution in [3.63, 3.8) is 0 Å². The summed E-state index contributed by atoms with van der Waals surface area (Å²) in [5, 5.41) is 11.3. The average Bonchev–Trinajstić information content (AvgIpc) is 3.82. The lowest BCUT2D eigenvalue weighted by atomic mass is 9.83. The van der Waals surface area contributed by atoms with E-state index in [4.69, 9.17) is 0 Å². The zero-order valence-corrected chi connectivity index (χ0v) is 30.2. The Kier molecular flexibility index (Phi) is 12.4. The van der Waals surface area contributed by atoms with Crippen molar-refractivity contribution in [2.75, 3.05) is 56.0 Å². The van der Waals surface area contributed by atoms with E-state index in [-0.39, 0.29) is 11.8 Å². The third-order valence-corrected chi connectivity index (χ3v) is 9.46. The number of nitrogens with zero attached hydrogens (tertiary/aromatic N) is 7. The fraction of sp³-hybridized carbons (Fsp3) is 0.385. The second kappa shape index (κ2) is 17.1. The first-order chi connectivity index (χ1) is 24.9. The Labute approximate surface area is 299 Å². The number of carbonyl (C=O) groups is 2. The molecule has 0 saturated carbocycles. The number of likely N-dealkylation sites (tertiary alicyclic amines) is 1. The lowest BCUT2D eigenvalue weighted by molar-refractivity contribution is -0.133. The van der Waals surface area contributed by atoms with Gasteiger partial charge in [0.25, 0.3) is 0 Å². The molecule has 1 atom stereocenters. The normalized spacial score (nSPS) is 17.3. The molecule has 2 N–H and O–H groups in total. The molecule has 2 amide bonds. The zero-order chi connectivity index (χ0) is 36.4. The number of aromatic amines is 1. The first-order valence-electron chi connectivity index (χ1n) is 17.9. The number of H-pyrrole nitrogens is 1. The first-order valence-corrected chi connectivity index (χ1v) is 17.9. The van der Waals surface area contributed by atoms with Crippen molar-refractivity contribution in [3.8, 4) is 22.6 Å². The third-order valence-electron chi connectivity index (χ3n) is 9.46. The van der Waals surface area contributed by atoms with Gasteiger partial charge in [-0.1, -0.05) is 34.6 Å². The number of piperazine rings is 1. The number of fused-ring (bicyclic) bond motifs is 1. The maximum atomic E-state index is 13.7. The highest BCUT2D eigenvalue weighted by Gasteiger charge is 2.43. The predicted octanol–water partition coefficient (Wildman–Crippen LogP) is 6.66. The highest BCUT2D eigenvalue weighted by atomic mass is 19.1. The van der Waals surface area contributed by atoms with Crippen LogP contribution < -0.4 is 10.2 Å². The van der Waals surface area contributed by atoms with Gasteiger partial charge in [0, 0.05) is 79.2 Å². The summed E-state index contributed by atoms with van der Waals surface area (Å²) in [5.41, 5.74) is 4.26. The Morgan fingerprint density at radius 3 is 2.25 bits per heavy atom. The van der Waals surface area contributed by atoms with E-state index in [2.05, 4.69) is 52.4 Å². The molecule has 0 aliphatic carbocycles. The van der Waals surface area contributed by atoms with E-state index in [0.29, 0.717) is 68.3 Å². The summed E-state index contributed by atoms with van der Waals surface area (Å²) in [7, 11) is 0. The highest BCUT2D eigenvalue weighted by molar-refractivity contribution is 6.00. The zero-order valence-electron chi connectivity index (χ0n) is 30.2. The summed E-state index contributed by atoms with van der Waals surface area (Å²) in [6, 6.07) is 18.5. The summed E-state index contributed by atoms with van der Waals surface area (Å²) in [4.78, 5) is 45.8. The second-order valence-corrected chi connectivity index (χ2v) is 12.2. The van der Waals surface area contributed by atoms with Crippen molar-refractivity contribution in [2.45, 2.75) is 47.5 Å². The van der Waals surface area contributed by atoms with E-state index in [1.165, 1.54) is 12.3 Å². The van der Waals surface area contributed by atoms with Crippen LogP contribution in [0.2, 0.25) is 0 Å². The van der Waals surface area contributed by atoms with Gasteiger partial charge < -0.3 is 15.1 Å². The molecule has 2 fully saturated rings. The molecule has 0 radical (unpaired) electrons. The quantitative estimate of drug-likeness (QED) is 0.173. The number of pyridine rings is 1. The van der Waals surface area contributed by atoms with Gasteiger partial charge in [0.15, 0.2) is 5.82 Å². The number of anilines is 2. The molecule has 7 rings (SSSR count). The number of benzene rings is 2. The number of nitrogens with one attached hydrogen (secondary N) is 2. The smallest absolute Gasteiger partial charge is 0.236 e. The molecule has 51 heavy (non-hydrogen) atoms. The second-order valence-electron chi connectivity index (χ2n) is 12.2. The molecule has 0 bridgehead atoms. The lowest BCUT2D eigenvalue weighted by Gasteiger charge is -2.37. The van der Waals surface area contributed by atoms with Gasteiger partial charge in [-0.25, -0.2) is 15.0 Å². The van der Waals surface area contributed by atoms with Crippen molar-refractivity contribution in [3.05, 3.63) is 85.2 Å². The Morgan fingerprint density at radius 2 is 1.59 bits per heavy atom. The van der Waals surface area contributed by atoms with E-state index in [1.54, 1.807) is 24.5 Å². The third kappa shape index (κ3) is 8.39. The van der Waals surface area contributed by atoms with Gasteiger partial charge >= 0.3 is 0 Å². The van der Waals surface area contributed by atoms with E-state index in [9.17, 15) is 14.0 Å². The summed E-state index contributed by atoms with van der Waals surface area (Å²) in [6.07, 6.45) is 6.26. The number of rotatable bonds is 8. The SMILES string of the molecule is CC.CC.CCC1(C(=O)Nc2ccc3[nH]nc(-c4ccc(F)nc4)c3c2)CCN(CC(=O)N2CCN(c3ccc(-c4ncccn4)cc3)CC2)C1. The number of hydrogen-bond donors (Lipinski definition) is 2. The van der Waals surface area contributed by atoms with Crippen molar-refractivity contribution in [2.24, 2.45) is 5.41 Å². The van der Waals surface area contributed by atoms with Gasteiger partial charge in [0.1, 0.15) is 5.69 Å². The van der Waals surface area contributed by atoms with Crippen LogP contribution in [-0.2, 0) is 9.59 Å². The molecule has 3 aromatic heterocycles. The molecule has 5 aromatic rings. The average molecular weight is 694 g/mol. The standard InChI is InChI=1S/C35H36FN9O2.2C2H6/c1-2-35(34(47)40-26-7-10-29-28(20-26)32(42-41-29)25-6-11-30(36)39-21-25)12-15-43(23-35)22-31(46)45-18-16-44(17-19-45)27-8-4-24(5-9-27)33-37-13-3-14-38-33;2*1-2/h3-11,13-14,20-21H,2,12,15-19,22-23H2,1H3,(H,40,47)(H,41,42);2*1-2H3. The van der Waals surface area contributed by atoms with Crippen molar-refractivity contribution < 1.29 is 14.0 Å². The number of halogens is 1. The van der Waals surface area contributed by atoms with Gasteiger partial charge in [0.05, 0.1) is 17.5 Å². The minimum atomic E-state index is -0.592. The minimum Gasteiger partial charge on any atom is -0.368 e. The molecule has 2 aliphatic heterocycles. The van der Waals surface area contributed by atoms with Crippen LogP contribution in [0.1, 0.15) is 47.5 Å². The highest BCUT2D eigenvalue weighted by Crippen LogP contribution is 2.36. The Bertz CT molecular complexity index is 1880. The maximum Gasteiger partial charge on any atom is 0.236 e. The van der Waals surface area contributed by atoms with Crippen molar-refractivity contribution >= 4 is 34.1 Å². The number of carbonyl (C=O) groups excluding carboxylic acids is 2. The first kappa shape index (κ1) is 37.0. The molecule has 0 spiro atoms. The van der Waals surface area contributed by atoms with Crippen LogP contribution in [-0.4, -0.2) is 92.6 Å². The van der Waals surface area contributed by atoms with Crippen molar-refractivity contribution in [1.29, 1.82) is 0 Å². The molecule has 1 unspecified atom stereocenters. The molecule has 5 heterocycles. The van der Waals surface area contributed by atoms with Gasteiger partial charge in [-0.05, 0) is 80.1 Å². The van der Waals surface area contributed by atoms with Crippen LogP contribution in [0.3, 0.4) is 0 Å². The van der Waals surface area contributed by atoms with Crippen LogP contribution in [0.5, 0.6) is 0 Å². The fourth-order valence-electron chi connectivity index (χ4n) is 6.59. The van der Waals surface area contributed by atoms with Crippen LogP contribution in [0.4, 0.5) is 15.8 Å². The van der Waals surface area contributed by atoms with E-state index >= 15 is 0 Å². The van der Waals surface area contributed by atoms with Gasteiger partial charge in [-0.2, -0.15) is 9.49 Å². The molecule has 268 valence electrons. The van der Waals surface area contributed by atoms with Crippen LogP contribution in [0.25, 0.3) is 33.5 Å². The van der Waals surface area contributed by atoms with E-state index in [0.717, 1.165) is 35.2 Å². The molecule has 12 heteroatoms. The largest absolute Gasteiger partial charge is 0.368 e. The number of aromatic nitrogens is 5. The van der Waals surface area contributed by atoms with E-state index in [1.807, 2.05) is 69.9 Å². The fourth-order valence-corrected chi connectivity index (χ4v) is 6.59.